The van der Waals surface area contributed by atoms with Crippen molar-refractivity contribution < 1.29 is 14.1 Å². The number of nitro benzene ring substituents is 1. The summed E-state index contributed by atoms with van der Waals surface area (Å²) in [5, 5.41) is 23.7. The summed E-state index contributed by atoms with van der Waals surface area (Å²) in [6, 6.07) is 14.2. The third-order valence-electron chi connectivity index (χ3n) is 5.23. The number of amides is 1. The Morgan fingerprint density at radius 2 is 1.81 bits per heavy atom. The Labute approximate surface area is 229 Å². The molecule has 0 aliphatic rings. The largest absolute Gasteiger partial charge is 0.342 e. The molecule has 1 amide bonds. The topological polar surface area (TPSA) is 103 Å². The van der Waals surface area contributed by atoms with Crippen molar-refractivity contribution >= 4 is 58.2 Å². The number of thioether (sulfide) groups is 1. The number of halogens is 4. The van der Waals surface area contributed by atoms with Crippen molar-refractivity contribution in [3.05, 3.63) is 109 Å². The lowest BCUT2D eigenvalue weighted by molar-refractivity contribution is -0.384. The van der Waals surface area contributed by atoms with Gasteiger partial charge in [-0.3, -0.25) is 19.5 Å². The maximum absolute atomic E-state index is 13.3. The van der Waals surface area contributed by atoms with Crippen LogP contribution in [-0.2, 0) is 5.75 Å². The van der Waals surface area contributed by atoms with Crippen LogP contribution in [0.15, 0.2) is 65.8 Å². The number of nitro groups is 1. The van der Waals surface area contributed by atoms with E-state index in [0.29, 0.717) is 32.5 Å². The minimum atomic E-state index is -0.679. The summed E-state index contributed by atoms with van der Waals surface area (Å²) in [5.41, 5.74) is 1.09. The molecule has 8 nitrogen and oxygen atoms in total. The van der Waals surface area contributed by atoms with E-state index in [4.69, 9.17) is 34.8 Å². The minimum absolute atomic E-state index is 0.0597. The van der Waals surface area contributed by atoms with E-state index in [1.54, 1.807) is 41.8 Å². The fourth-order valence-corrected chi connectivity index (χ4v) is 5.00. The predicted octanol–water partition coefficient (Wildman–Crippen LogP) is 7.06. The highest BCUT2D eigenvalue weighted by Gasteiger charge is 2.24. The van der Waals surface area contributed by atoms with Crippen molar-refractivity contribution in [1.82, 2.24) is 20.1 Å². The van der Waals surface area contributed by atoms with Crippen LogP contribution in [0.1, 0.15) is 34.7 Å². The van der Waals surface area contributed by atoms with Gasteiger partial charge in [-0.1, -0.05) is 58.7 Å². The van der Waals surface area contributed by atoms with Crippen LogP contribution in [0.4, 0.5) is 10.1 Å². The minimum Gasteiger partial charge on any atom is -0.342 e. The van der Waals surface area contributed by atoms with Gasteiger partial charge in [0, 0.05) is 22.4 Å². The molecule has 13 heteroatoms. The quantitative estimate of drug-likeness (QED) is 0.136. The van der Waals surface area contributed by atoms with E-state index in [2.05, 4.69) is 15.5 Å². The zero-order valence-corrected chi connectivity index (χ0v) is 22.1. The first kappa shape index (κ1) is 26.9. The molecule has 0 saturated heterocycles. The number of benzene rings is 3. The molecular weight excluding hydrogens is 564 g/mol. The molecule has 4 rings (SSSR count). The Morgan fingerprint density at radius 1 is 1.08 bits per heavy atom. The van der Waals surface area contributed by atoms with Crippen LogP contribution in [-0.4, -0.2) is 25.6 Å². The molecular formula is C24H17Cl3FN5O3S. The second-order valence-electron chi connectivity index (χ2n) is 7.81. The lowest BCUT2D eigenvalue weighted by atomic mass is 10.1. The Kier molecular flexibility index (Phi) is 8.33. The highest BCUT2D eigenvalue weighted by molar-refractivity contribution is 7.98. The maximum Gasteiger partial charge on any atom is 0.288 e. The van der Waals surface area contributed by atoms with Gasteiger partial charge in [0.2, 0.25) is 0 Å². The van der Waals surface area contributed by atoms with Crippen LogP contribution in [0.5, 0.6) is 0 Å². The summed E-state index contributed by atoms with van der Waals surface area (Å²) in [6.45, 7) is 1.70. The maximum atomic E-state index is 13.3. The first-order valence-corrected chi connectivity index (χ1v) is 12.8. The second-order valence-corrected chi connectivity index (χ2v) is 10.00. The fourth-order valence-electron chi connectivity index (χ4n) is 3.41. The molecule has 1 aromatic heterocycles. The fraction of sp³-hybridized carbons (Fsp3) is 0.125. The number of carbonyl (C=O) groups is 1. The number of nitrogens with one attached hydrogen (secondary N) is 1. The molecule has 4 aromatic rings. The van der Waals surface area contributed by atoms with Crippen LogP contribution in [0.3, 0.4) is 0 Å². The Bertz CT molecular complexity index is 1480. The smallest absolute Gasteiger partial charge is 0.288 e. The Balaban J connectivity index is 1.65. The highest BCUT2D eigenvalue weighted by Crippen LogP contribution is 2.32. The number of hydrogen-bond donors (Lipinski definition) is 1. The van der Waals surface area contributed by atoms with E-state index >= 15 is 0 Å². The number of hydrogen-bond acceptors (Lipinski definition) is 6. The van der Waals surface area contributed by atoms with E-state index in [0.717, 1.165) is 11.6 Å². The predicted molar refractivity (Wildman–Crippen MR) is 141 cm³/mol. The van der Waals surface area contributed by atoms with Crippen LogP contribution in [0.25, 0.3) is 5.69 Å². The molecule has 0 aliphatic carbocycles. The van der Waals surface area contributed by atoms with Gasteiger partial charge in [-0.2, -0.15) is 0 Å². The van der Waals surface area contributed by atoms with Crippen LogP contribution < -0.4 is 5.32 Å². The molecule has 0 bridgehead atoms. The molecule has 0 fully saturated rings. The first-order chi connectivity index (χ1) is 17.6. The van der Waals surface area contributed by atoms with Gasteiger partial charge >= 0.3 is 0 Å². The molecule has 0 spiro atoms. The number of nitrogens with zero attached hydrogens (tertiary/aromatic N) is 4. The normalized spacial score (nSPS) is 11.8. The number of rotatable bonds is 8. The molecule has 37 heavy (non-hydrogen) atoms. The van der Waals surface area contributed by atoms with Gasteiger partial charge in [0.05, 0.1) is 21.7 Å². The first-order valence-electron chi connectivity index (χ1n) is 10.7. The Morgan fingerprint density at radius 3 is 2.49 bits per heavy atom. The lowest BCUT2D eigenvalue weighted by Crippen LogP contribution is -2.28. The lowest BCUT2D eigenvalue weighted by Gasteiger charge is -2.17. The van der Waals surface area contributed by atoms with Crippen molar-refractivity contribution in [2.24, 2.45) is 0 Å². The standard InChI is InChI=1S/C24H17Cl3FN5O3S/c1-13(29-23(34)15-4-8-18(26)21(10-15)33(35)36)22-30-31-24(37-12-14-2-6-17(28)7-3-14)32(22)20-9-5-16(25)11-19(20)27/h2-11,13H,12H2,1H3,(H,29,34). The molecule has 0 aliphatic heterocycles. The van der Waals surface area contributed by atoms with Gasteiger partial charge in [0.1, 0.15) is 10.8 Å². The van der Waals surface area contributed by atoms with Gasteiger partial charge in [0.15, 0.2) is 11.0 Å². The molecule has 0 saturated carbocycles. The van der Waals surface area contributed by atoms with Crippen LogP contribution >= 0.6 is 46.6 Å². The molecule has 1 N–H and O–H groups in total. The van der Waals surface area contributed by atoms with E-state index in [1.165, 1.54) is 36.0 Å². The summed E-state index contributed by atoms with van der Waals surface area (Å²) in [4.78, 5) is 23.5. The summed E-state index contributed by atoms with van der Waals surface area (Å²) in [6.07, 6.45) is 0. The molecule has 1 atom stereocenters. The number of aromatic nitrogens is 3. The molecule has 1 heterocycles. The molecule has 190 valence electrons. The summed E-state index contributed by atoms with van der Waals surface area (Å²) < 4.78 is 15.0. The average molecular weight is 581 g/mol. The van der Waals surface area contributed by atoms with E-state index in [1.807, 2.05) is 0 Å². The van der Waals surface area contributed by atoms with Crippen molar-refractivity contribution in [2.45, 2.75) is 23.9 Å². The van der Waals surface area contributed by atoms with Gasteiger partial charge in [-0.15, -0.1) is 10.2 Å². The monoisotopic (exact) mass is 579 g/mol. The van der Waals surface area contributed by atoms with Gasteiger partial charge < -0.3 is 5.32 Å². The van der Waals surface area contributed by atoms with E-state index in [9.17, 15) is 19.3 Å². The summed E-state index contributed by atoms with van der Waals surface area (Å²) >= 11 is 19.8. The zero-order valence-electron chi connectivity index (χ0n) is 19.0. The number of carbonyl (C=O) groups excluding carboxylic acids is 1. The van der Waals surface area contributed by atoms with Gasteiger partial charge in [-0.25, -0.2) is 4.39 Å². The summed E-state index contributed by atoms with van der Waals surface area (Å²) in [7, 11) is 0. The average Bonchev–Trinajstić information content (AvgIpc) is 3.27. The van der Waals surface area contributed by atoms with Gasteiger partial charge in [-0.05, 0) is 55.0 Å². The SMILES string of the molecule is CC(NC(=O)c1ccc(Cl)c([N+](=O)[O-])c1)c1nnc(SCc2ccc(F)cc2)n1-c1ccc(Cl)cc1Cl. The zero-order chi connectivity index (χ0) is 26.7. The third-order valence-corrected chi connectivity index (χ3v) is 7.09. The van der Waals surface area contributed by atoms with Crippen molar-refractivity contribution in [2.75, 3.05) is 0 Å². The van der Waals surface area contributed by atoms with Crippen LogP contribution in [0.2, 0.25) is 15.1 Å². The third kappa shape index (κ3) is 6.22. The van der Waals surface area contributed by atoms with Gasteiger partial charge in [0.25, 0.3) is 11.6 Å². The summed E-state index contributed by atoms with van der Waals surface area (Å²) in [5.74, 6) is -0.0615. The van der Waals surface area contributed by atoms with Crippen molar-refractivity contribution in [1.29, 1.82) is 0 Å². The van der Waals surface area contributed by atoms with E-state index < -0.39 is 16.9 Å². The van der Waals surface area contributed by atoms with E-state index in [-0.39, 0.29) is 22.1 Å². The van der Waals surface area contributed by atoms with Crippen LogP contribution in [0, 0.1) is 15.9 Å². The molecule has 0 radical (unpaired) electrons. The van der Waals surface area contributed by atoms with Crippen molar-refractivity contribution in [3.63, 3.8) is 0 Å². The molecule has 3 aromatic carbocycles. The second kappa shape index (κ2) is 11.5. The highest BCUT2D eigenvalue weighted by atomic mass is 35.5. The Hall–Kier alpha value is -3.18. The molecule has 1 unspecified atom stereocenters. The van der Waals surface area contributed by atoms with Crippen molar-refractivity contribution in [3.8, 4) is 5.69 Å².